The van der Waals surface area contributed by atoms with Crippen molar-refractivity contribution in [1.29, 1.82) is 0 Å². The van der Waals surface area contributed by atoms with Gasteiger partial charge in [-0.25, -0.2) is 0 Å². The number of carbonyl (C=O) groups excluding carboxylic acids is 2. The van der Waals surface area contributed by atoms with Crippen LogP contribution in [-0.4, -0.2) is 17.9 Å². The highest BCUT2D eigenvalue weighted by Gasteiger charge is 2.32. The van der Waals surface area contributed by atoms with Gasteiger partial charge in [-0.2, -0.15) is 0 Å². The van der Waals surface area contributed by atoms with E-state index in [0.717, 1.165) is 6.29 Å². The van der Waals surface area contributed by atoms with Crippen LogP contribution in [0, 0.1) is 0 Å². The minimum Gasteiger partial charge on any atom is -0.487 e. The molecule has 0 aromatic heterocycles. The van der Waals surface area contributed by atoms with Crippen LogP contribution in [0.25, 0.3) is 0 Å². The molecular weight excluding hydrogens is 208 g/mol. The Balaban J connectivity index is 2.98. The molecule has 1 heterocycles. The molecule has 1 aliphatic heterocycles. The first kappa shape index (κ1) is 12.5. The predicted octanol–water partition coefficient (Wildman–Crippen LogP) is 2.11. The fourth-order valence-corrected chi connectivity index (χ4v) is 1.38. The van der Waals surface area contributed by atoms with E-state index < -0.39 is 5.60 Å². The van der Waals surface area contributed by atoms with Crippen LogP contribution in [0.2, 0.25) is 0 Å². The number of allylic oxidation sites excluding steroid dienone is 2. The van der Waals surface area contributed by atoms with E-state index in [1.54, 1.807) is 6.08 Å². The summed E-state index contributed by atoms with van der Waals surface area (Å²) in [6, 6.07) is 0. The van der Waals surface area contributed by atoms with E-state index >= 15 is 0 Å². The van der Waals surface area contributed by atoms with Gasteiger partial charge in [0.2, 0.25) is 0 Å². The summed E-state index contributed by atoms with van der Waals surface area (Å²) in [5.41, 5.74) is -0.155. The molecule has 0 spiro atoms. The lowest BCUT2D eigenvalue weighted by atomic mass is 10.00. The monoisotopic (exact) mass is 224 g/mol. The maximum absolute atomic E-state index is 11.0. The molecular formula is C12H16O4. The maximum Gasteiger partial charge on any atom is 0.307 e. The fraction of sp³-hybridized carbons (Fsp3) is 0.500. The Morgan fingerprint density at radius 3 is 2.88 bits per heavy atom. The van der Waals surface area contributed by atoms with E-state index in [0.29, 0.717) is 24.2 Å². The van der Waals surface area contributed by atoms with Crippen molar-refractivity contribution in [3.8, 4) is 0 Å². The summed E-state index contributed by atoms with van der Waals surface area (Å²) in [6.45, 7) is 5.10. The summed E-state index contributed by atoms with van der Waals surface area (Å²) in [6.07, 6.45) is 4.96. The van der Waals surface area contributed by atoms with Crippen LogP contribution in [0.1, 0.15) is 33.6 Å². The van der Waals surface area contributed by atoms with Crippen LogP contribution in [0.3, 0.4) is 0 Å². The van der Waals surface area contributed by atoms with Gasteiger partial charge in [0.05, 0.1) is 6.26 Å². The molecule has 0 amide bonds. The number of esters is 1. The molecule has 0 radical (unpaired) electrons. The lowest BCUT2D eigenvalue weighted by Gasteiger charge is -2.28. The summed E-state index contributed by atoms with van der Waals surface area (Å²) in [5, 5.41) is 0. The zero-order valence-electron chi connectivity index (χ0n) is 9.78. The SMILES string of the molecule is CC[C@@]1(C)OC=C(C=O)CC=C1OC(C)=O. The lowest BCUT2D eigenvalue weighted by Crippen LogP contribution is -2.30. The van der Waals surface area contributed by atoms with E-state index in [2.05, 4.69) is 0 Å². The topological polar surface area (TPSA) is 52.6 Å². The number of carbonyl (C=O) groups is 2. The van der Waals surface area contributed by atoms with Crippen molar-refractivity contribution in [3.63, 3.8) is 0 Å². The highest BCUT2D eigenvalue weighted by molar-refractivity contribution is 5.73. The summed E-state index contributed by atoms with van der Waals surface area (Å²) >= 11 is 0. The van der Waals surface area contributed by atoms with Crippen LogP contribution in [-0.2, 0) is 19.1 Å². The molecule has 0 saturated heterocycles. The second-order valence-corrected chi connectivity index (χ2v) is 3.88. The van der Waals surface area contributed by atoms with Crippen molar-refractivity contribution < 1.29 is 19.1 Å². The van der Waals surface area contributed by atoms with Gasteiger partial charge in [-0.15, -0.1) is 0 Å². The van der Waals surface area contributed by atoms with E-state index in [-0.39, 0.29) is 5.97 Å². The molecule has 0 aromatic carbocycles. The molecule has 16 heavy (non-hydrogen) atoms. The van der Waals surface area contributed by atoms with Crippen LogP contribution < -0.4 is 0 Å². The summed E-state index contributed by atoms with van der Waals surface area (Å²) in [4.78, 5) is 21.6. The first-order chi connectivity index (χ1) is 7.51. The normalized spacial score (nSPS) is 24.7. The molecule has 0 fully saturated rings. The van der Waals surface area contributed by atoms with Crippen LogP contribution in [0.15, 0.2) is 23.7 Å². The van der Waals surface area contributed by atoms with Gasteiger partial charge in [0.15, 0.2) is 5.60 Å². The van der Waals surface area contributed by atoms with Crippen LogP contribution in [0.4, 0.5) is 0 Å². The zero-order valence-corrected chi connectivity index (χ0v) is 9.78. The number of aldehydes is 1. The Bertz CT molecular complexity index is 354. The molecule has 0 N–H and O–H groups in total. The Kier molecular flexibility index (Phi) is 3.88. The summed E-state index contributed by atoms with van der Waals surface area (Å²) in [5.74, 6) is 0.0830. The lowest BCUT2D eigenvalue weighted by molar-refractivity contribution is -0.140. The first-order valence-corrected chi connectivity index (χ1v) is 5.23. The molecule has 1 rings (SSSR count). The van der Waals surface area contributed by atoms with Crippen molar-refractivity contribution >= 4 is 12.3 Å². The van der Waals surface area contributed by atoms with Crippen molar-refractivity contribution in [2.75, 3.05) is 0 Å². The molecule has 0 unspecified atom stereocenters. The molecule has 0 bridgehead atoms. The van der Waals surface area contributed by atoms with Gasteiger partial charge < -0.3 is 9.47 Å². The molecule has 4 nitrogen and oxygen atoms in total. The van der Waals surface area contributed by atoms with E-state index in [1.807, 2.05) is 13.8 Å². The second-order valence-electron chi connectivity index (χ2n) is 3.88. The number of hydrogen-bond donors (Lipinski definition) is 0. The molecule has 88 valence electrons. The highest BCUT2D eigenvalue weighted by atomic mass is 16.6. The van der Waals surface area contributed by atoms with Gasteiger partial charge in [0.25, 0.3) is 0 Å². The fourth-order valence-electron chi connectivity index (χ4n) is 1.38. The van der Waals surface area contributed by atoms with Crippen molar-refractivity contribution in [3.05, 3.63) is 23.7 Å². The van der Waals surface area contributed by atoms with Gasteiger partial charge in [-0.05, 0) is 19.4 Å². The number of rotatable bonds is 3. The standard InChI is InChI=1S/C12H16O4/c1-4-12(3)11(16-9(2)14)6-5-10(7-13)8-15-12/h6-8H,4-5H2,1-3H3/t12-/m1/s1. The largest absolute Gasteiger partial charge is 0.487 e. The molecule has 0 aromatic rings. The third-order valence-electron chi connectivity index (χ3n) is 2.59. The zero-order chi connectivity index (χ0) is 12.2. The van der Waals surface area contributed by atoms with Gasteiger partial charge in [-0.3, -0.25) is 9.59 Å². The van der Waals surface area contributed by atoms with E-state index in [1.165, 1.54) is 13.2 Å². The molecule has 0 aliphatic carbocycles. The van der Waals surface area contributed by atoms with Crippen molar-refractivity contribution in [2.24, 2.45) is 0 Å². The molecule has 1 atom stereocenters. The van der Waals surface area contributed by atoms with Gasteiger partial charge in [0.1, 0.15) is 12.0 Å². The molecule has 1 aliphatic rings. The Hall–Kier alpha value is -1.58. The quantitative estimate of drug-likeness (QED) is 0.544. The molecule has 4 heteroatoms. The van der Waals surface area contributed by atoms with Gasteiger partial charge in [-0.1, -0.05) is 6.92 Å². The number of hydrogen-bond acceptors (Lipinski definition) is 4. The average Bonchev–Trinajstić information content (AvgIpc) is 2.40. The third kappa shape index (κ3) is 2.72. The molecule has 0 saturated carbocycles. The average molecular weight is 224 g/mol. The van der Waals surface area contributed by atoms with Crippen molar-refractivity contribution in [2.45, 2.75) is 39.2 Å². The van der Waals surface area contributed by atoms with Gasteiger partial charge in [0, 0.05) is 18.9 Å². The number of ether oxygens (including phenoxy) is 2. The first-order valence-electron chi connectivity index (χ1n) is 5.23. The highest BCUT2D eigenvalue weighted by Crippen LogP contribution is 2.30. The minimum absolute atomic E-state index is 0.385. The summed E-state index contributed by atoms with van der Waals surface area (Å²) < 4.78 is 10.6. The van der Waals surface area contributed by atoms with E-state index in [9.17, 15) is 9.59 Å². The van der Waals surface area contributed by atoms with E-state index in [4.69, 9.17) is 9.47 Å². The van der Waals surface area contributed by atoms with Crippen LogP contribution in [0.5, 0.6) is 0 Å². The third-order valence-corrected chi connectivity index (χ3v) is 2.59. The predicted molar refractivity (Wildman–Crippen MR) is 58.4 cm³/mol. The van der Waals surface area contributed by atoms with Crippen LogP contribution >= 0.6 is 0 Å². The smallest absolute Gasteiger partial charge is 0.307 e. The second kappa shape index (κ2) is 4.96. The van der Waals surface area contributed by atoms with Crippen molar-refractivity contribution in [1.82, 2.24) is 0 Å². The minimum atomic E-state index is -0.684. The van der Waals surface area contributed by atoms with Gasteiger partial charge >= 0.3 is 5.97 Å². The Morgan fingerprint density at radius 2 is 2.38 bits per heavy atom. The summed E-state index contributed by atoms with van der Waals surface area (Å²) in [7, 11) is 0. The Morgan fingerprint density at radius 1 is 1.69 bits per heavy atom. The Labute approximate surface area is 94.9 Å². The maximum atomic E-state index is 11.0.